The average Bonchev–Trinajstić information content (AvgIpc) is 3.15. The molecule has 1 fully saturated rings. The summed E-state index contributed by atoms with van der Waals surface area (Å²) in [5.41, 5.74) is 4.71. The van der Waals surface area contributed by atoms with Crippen LogP contribution in [0.2, 0.25) is 0 Å². The number of benzene rings is 1. The molecule has 0 radical (unpaired) electrons. The number of carbonyl (C=O) groups is 1. The molecule has 2 aliphatic heterocycles. The highest BCUT2D eigenvalue weighted by Crippen LogP contribution is 2.44. The Morgan fingerprint density at radius 1 is 1.43 bits per heavy atom. The van der Waals surface area contributed by atoms with Crippen LogP contribution in [0.25, 0.3) is 0 Å². The number of phenolic OH excluding ortho intramolecular Hbond substituents is 1. The van der Waals surface area contributed by atoms with Gasteiger partial charge in [0.1, 0.15) is 7.85 Å². The second-order valence-electron chi connectivity index (χ2n) is 7.76. The zero-order chi connectivity index (χ0) is 19.9. The molecular weight excluding hydrogens is 425 g/mol. The number of hydrogen-bond donors (Lipinski definition) is 1. The van der Waals surface area contributed by atoms with E-state index < -0.39 is 5.79 Å². The van der Waals surface area contributed by atoms with Gasteiger partial charge in [-0.15, -0.1) is 0 Å². The summed E-state index contributed by atoms with van der Waals surface area (Å²) in [6, 6.07) is 1.83. The Kier molecular flexibility index (Phi) is 5.46. The first kappa shape index (κ1) is 19.8. The normalized spacial score (nSPS) is 23.8. The summed E-state index contributed by atoms with van der Waals surface area (Å²) in [6.45, 7) is 2.01. The van der Waals surface area contributed by atoms with Gasteiger partial charge in [-0.3, -0.25) is 4.79 Å². The maximum Gasteiger partial charge on any atom is 0.210 e. The summed E-state index contributed by atoms with van der Waals surface area (Å²) in [5.74, 6) is 0.0851. The number of halogens is 1. The Morgan fingerprint density at radius 2 is 2.18 bits per heavy atom. The fourth-order valence-electron chi connectivity index (χ4n) is 4.79. The molecule has 0 aromatic heterocycles. The average molecular weight is 450 g/mol. The lowest BCUT2D eigenvalue weighted by Gasteiger charge is -2.43. The second kappa shape index (κ2) is 7.73. The molecule has 1 saturated heterocycles. The molecule has 0 bridgehead atoms. The third-order valence-electron chi connectivity index (χ3n) is 6.28. The summed E-state index contributed by atoms with van der Waals surface area (Å²) < 4.78 is 17.7. The van der Waals surface area contributed by atoms with Gasteiger partial charge in [0.2, 0.25) is 6.41 Å². The van der Waals surface area contributed by atoms with E-state index in [0.29, 0.717) is 36.4 Å². The molecular formula is C20H25BBrNO5. The van der Waals surface area contributed by atoms with E-state index in [4.69, 9.17) is 14.2 Å². The van der Waals surface area contributed by atoms with Crippen molar-refractivity contribution in [2.45, 2.75) is 43.9 Å². The first-order chi connectivity index (χ1) is 13.5. The summed E-state index contributed by atoms with van der Waals surface area (Å²) in [7, 11) is 3.54. The summed E-state index contributed by atoms with van der Waals surface area (Å²) in [4.78, 5) is 13.7. The number of phenols is 1. The number of rotatable bonds is 4. The van der Waals surface area contributed by atoms with Gasteiger partial charge in [0.05, 0.1) is 30.8 Å². The van der Waals surface area contributed by atoms with Crippen LogP contribution >= 0.6 is 15.9 Å². The molecule has 2 heterocycles. The molecule has 1 aromatic carbocycles. The number of aromatic hydroxyl groups is 1. The molecule has 28 heavy (non-hydrogen) atoms. The minimum Gasteiger partial charge on any atom is -0.503 e. The Labute approximate surface area is 174 Å². The Morgan fingerprint density at radius 3 is 2.86 bits per heavy atom. The van der Waals surface area contributed by atoms with Crippen LogP contribution in [-0.2, 0) is 20.7 Å². The van der Waals surface area contributed by atoms with Gasteiger partial charge in [-0.25, -0.2) is 0 Å². The van der Waals surface area contributed by atoms with E-state index in [2.05, 4.69) is 15.9 Å². The number of ether oxygens (including phenoxy) is 3. The van der Waals surface area contributed by atoms with Gasteiger partial charge in [-0.05, 0) is 52.4 Å². The predicted molar refractivity (Wildman–Crippen MR) is 111 cm³/mol. The van der Waals surface area contributed by atoms with Gasteiger partial charge in [-0.2, -0.15) is 0 Å². The topological polar surface area (TPSA) is 68.2 Å². The lowest BCUT2D eigenvalue weighted by Crippen LogP contribution is -2.46. The van der Waals surface area contributed by atoms with Crippen LogP contribution in [-0.4, -0.2) is 63.0 Å². The van der Waals surface area contributed by atoms with Crippen molar-refractivity contribution < 1.29 is 24.1 Å². The van der Waals surface area contributed by atoms with Crippen LogP contribution in [0.4, 0.5) is 0 Å². The number of amides is 1. The van der Waals surface area contributed by atoms with Crippen LogP contribution in [0.5, 0.6) is 11.5 Å². The predicted octanol–water partition coefficient (Wildman–Crippen LogP) is 1.42. The monoisotopic (exact) mass is 449 g/mol. The van der Waals surface area contributed by atoms with Crippen LogP contribution in [0, 0.1) is 0 Å². The van der Waals surface area contributed by atoms with Crippen molar-refractivity contribution >= 4 is 35.6 Å². The van der Waals surface area contributed by atoms with Crippen molar-refractivity contribution in [2.75, 3.05) is 26.9 Å². The summed E-state index contributed by atoms with van der Waals surface area (Å²) in [5, 5.41) is 10.4. The van der Waals surface area contributed by atoms with Crippen LogP contribution < -0.4 is 10.2 Å². The standard InChI is InChI=1S/C20H25BBrNO5/c1-26-17-9-15(21)14(18(22)19(17)25)8-16-13-2-4-20(27-6-7-28-20)10-12(13)3-5-23(16)11-24/h9,11,16,25H,2-8,10,21H2,1H3. The van der Waals surface area contributed by atoms with Gasteiger partial charge in [0, 0.05) is 19.4 Å². The molecule has 1 aromatic rings. The van der Waals surface area contributed by atoms with E-state index in [-0.39, 0.29) is 11.8 Å². The van der Waals surface area contributed by atoms with Gasteiger partial charge in [-0.1, -0.05) is 11.0 Å². The Hall–Kier alpha value is -1.51. The minimum absolute atomic E-state index is 0.0113. The largest absolute Gasteiger partial charge is 0.503 e. The maximum atomic E-state index is 11.8. The quantitative estimate of drug-likeness (QED) is 0.427. The smallest absolute Gasteiger partial charge is 0.210 e. The first-order valence-corrected chi connectivity index (χ1v) is 10.5. The first-order valence-electron chi connectivity index (χ1n) is 9.72. The molecule has 4 rings (SSSR count). The molecule has 6 nitrogen and oxygen atoms in total. The van der Waals surface area contributed by atoms with E-state index in [1.54, 1.807) is 0 Å². The van der Waals surface area contributed by atoms with Crippen LogP contribution in [0.15, 0.2) is 21.7 Å². The van der Waals surface area contributed by atoms with Gasteiger partial charge in [0.25, 0.3) is 0 Å². The molecule has 1 aliphatic carbocycles. The molecule has 1 spiro atoms. The molecule has 8 heteroatoms. The van der Waals surface area contributed by atoms with Crippen molar-refractivity contribution in [3.8, 4) is 11.5 Å². The maximum absolute atomic E-state index is 11.8. The number of hydrogen-bond acceptors (Lipinski definition) is 5. The molecule has 1 N–H and O–H groups in total. The van der Waals surface area contributed by atoms with E-state index in [9.17, 15) is 9.90 Å². The lowest BCUT2D eigenvalue weighted by atomic mass is 9.77. The van der Waals surface area contributed by atoms with Gasteiger partial charge in [0.15, 0.2) is 17.3 Å². The molecule has 150 valence electrons. The molecule has 0 saturated carbocycles. The van der Waals surface area contributed by atoms with Crippen molar-refractivity contribution in [1.82, 2.24) is 4.90 Å². The minimum atomic E-state index is -0.457. The van der Waals surface area contributed by atoms with Crippen molar-refractivity contribution in [2.24, 2.45) is 0 Å². The van der Waals surface area contributed by atoms with Crippen LogP contribution in [0.3, 0.4) is 0 Å². The molecule has 3 aliphatic rings. The highest BCUT2D eigenvalue weighted by Gasteiger charge is 2.44. The third-order valence-corrected chi connectivity index (χ3v) is 7.14. The van der Waals surface area contributed by atoms with Gasteiger partial charge < -0.3 is 24.2 Å². The second-order valence-corrected chi connectivity index (χ2v) is 8.56. The van der Waals surface area contributed by atoms with E-state index >= 15 is 0 Å². The zero-order valence-corrected chi connectivity index (χ0v) is 17.9. The van der Waals surface area contributed by atoms with Crippen molar-refractivity contribution in [3.63, 3.8) is 0 Å². The summed E-state index contributed by atoms with van der Waals surface area (Å²) in [6.07, 6.45) is 4.95. The fraction of sp³-hybridized carbons (Fsp3) is 0.550. The number of methoxy groups -OCH3 is 1. The van der Waals surface area contributed by atoms with Crippen molar-refractivity contribution in [3.05, 3.63) is 27.2 Å². The highest BCUT2D eigenvalue weighted by atomic mass is 79.9. The van der Waals surface area contributed by atoms with Gasteiger partial charge >= 0.3 is 0 Å². The number of carbonyl (C=O) groups excluding carboxylic acids is 1. The van der Waals surface area contributed by atoms with E-state index in [0.717, 1.165) is 43.1 Å². The van der Waals surface area contributed by atoms with Crippen LogP contribution in [0.1, 0.15) is 31.2 Å². The lowest BCUT2D eigenvalue weighted by molar-refractivity contribution is -0.165. The molecule has 1 amide bonds. The Balaban J connectivity index is 1.67. The van der Waals surface area contributed by atoms with E-state index in [1.165, 1.54) is 18.3 Å². The number of nitrogens with zero attached hydrogens (tertiary/aromatic N) is 1. The zero-order valence-electron chi connectivity index (χ0n) is 16.3. The summed E-state index contributed by atoms with van der Waals surface area (Å²) >= 11 is 3.54. The Bertz CT molecular complexity index is 821. The molecule has 1 atom stereocenters. The highest BCUT2D eigenvalue weighted by molar-refractivity contribution is 9.10. The SMILES string of the molecule is Bc1cc(OC)c(O)c(Br)c1CC1C2=C(CCN1C=O)CC1(CC2)OCCO1. The van der Waals surface area contributed by atoms with Crippen molar-refractivity contribution in [1.29, 1.82) is 0 Å². The fourth-order valence-corrected chi connectivity index (χ4v) is 5.46. The molecule has 1 unspecified atom stereocenters. The van der Waals surface area contributed by atoms with E-state index in [1.807, 2.05) is 18.8 Å². The third kappa shape index (κ3) is 3.35.